The van der Waals surface area contributed by atoms with Gasteiger partial charge in [-0.25, -0.2) is 0 Å². The summed E-state index contributed by atoms with van der Waals surface area (Å²) >= 11 is 5.92. The summed E-state index contributed by atoms with van der Waals surface area (Å²) in [6.07, 6.45) is 1.89. The molecule has 0 aromatic heterocycles. The second-order valence-corrected chi connectivity index (χ2v) is 3.28. The average molecular weight is 184 g/mol. The summed E-state index contributed by atoms with van der Waals surface area (Å²) in [4.78, 5) is 0. The molecule has 66 valence electrons. The highest BCUT2D eigenvalue weighted by Gasteiger charge is 2.03. The minimum Gasteiger partial charge on any atom is -0.398 e. The summed E-state index contributed by atoms with van der Waals surface area (Å²) in [5.41, 5.74) is 9.13. The van der Waals surface area contributed by atoms with Crippen molar-refractivity contribution < 1.29 is 0 Å². The molecular formula is C10H14ClN. The third kappa shape index (κ3) is 1.72. The quantitative estimate of drug-likeness (QED) is 0.701. The molecule has 0 aliphatic heterocycles. The summed E-state index contributed by atoms with van der Waals surface area (Å²) < 4.78 is 0. The number of rotatable bonds is 2. The maximum Gasteiger partial charge on any atom is 0.0412 e. The van der Waals surface area contributed by atoms with Crippen LogP contribution in [-0.2, 0) is 12.8 Å². The van der Waals surface area contributed by atoms with Crippen molar-refractivity contribution in [3.05, 3.63) is 28.3 Å². The van der Waals surface area contributed by atoms with Gasteiger partial charge in [-0.05, 0) is 36.1 Å². The topological polar surface area (TPSA) is 26.0 Å². The van der Waals surface area contributed by atoms with Crippen LogP contribution >= 0.6 is 11.6 Å². The fraction of sp³-hybridized carbons (Fsp3) is 0.400. The molecule has 0 atom stereocenters. The lowest BCUT2D eigenvalue weighted by Gasteiger charge is -2.08. The number of nitrogen functional groups attached to an aromatic ring is 1. The Labute approximate surface area is 78.5 Å². The zero-order valence-electron chi connectivity index (χ0n) is 7.52. The molecule has 0 saturated carbocycles. The first-order valence-corrected chi connectivity index (χ1v) is 4.63. The zero-order chi connectivity index (χ0) is 9.14. The van der Waals surface area contributed by atoms with Crippen molar-refractivity contribution in [2.24, 2.45) is 0 Å². The van der Waals surface area contributed by atoms with E-state index in [1.54, 1.807) is 0 Å². The molecule has 0 bridgehead atoms. The molecule has 0 amide bonds. The Morgan fingerprint density at radius 2 is 1.58 bits per heavy atom. The van der Waals surface area contributed by atoms with Gasteiger partial charge in [0, 0.05) is 10.7 Å². The van der Waals surface area contributed by atoms with Gasteiger partial charge < -0.3 is 5.73 Å². The molecule has 1 aromatic carbocycles. The van der Waals surface area contributed by atoms with Crippen LogP contribution in [0.1, 0.15) is 25.0 Å². The van der Waals surface area contributed by atoms with E-state index in [1.165, 1.54) is 0 Å². The maximum atomic E-state index is 5.92. The van der Waals surface area contributed by atoms with Crippen LogP contribution < -0.4 is 5.73 Å². The van der Waals surface area contributed by atoms with Crippen molar-refractivity contribution in [3.63, 3.8) is 0 Å². The van der Waals surface area contributed by atoms with Gasteiger partial charge in [-0.3, -0.25) is 0 Å². The highest BCUT2D eigenvalue weighted by molar-refractivity contribution is 6.30. The molecule has 1 rings (SSSR count). The maximum absolute atomic E-state index is 5.92. The predicted octanol–water partition coefficient (Wildman–Crippen LogP) is 3.05. The van der Waals surface area contributed by atoms with Crippen LogP contribution in [0.2, 0.25) is 5.02 Å². The van der Waals surface area contributed by atoms with E-state index in [4.69, 9.17) is 17.3 Å². The Balaban J connectivity index is 3.22. The number of aryl methyl sites for hydroxylation is 2. The van der Waals surface area contributed by atoms with Crippen LogP contribution in [0.3, 0.4) is 0 Å². The molecule has 0 spiro atoms. The van der Waals surface area contributed by atoms with Crippen molar-refractivity contribution in [2.75, 3.05) is 5.73 Å². The Morgan fingerprint density at radius 3 is 1.92 bits per heavy atom. The molecule has 2 N–H and O–H groups in total. The lowest BCUT2D eigenvalue weighted by Crippen LogP contribution is -1.98. The average Bonchev–Trinajstić information content (AvgIpc) is 2.08. The molecule has 0 saturated heterocycles. The van der Waals surface area contributed by atoms with E-state index in [1.807, 2.05) is 12.1 Å². The fourth-order valence-electron chi connectivity index (χ4n) is 1.32. The van der Waals surface area contributed by atoms with Gasteiger partial charge in [0.15, 0.2) is 0 Å². The number of hydrogen-bond donors (Lipinski definition) is 1. The van der Waals surface area contributed by atoms with Crippen LogP contribution in [-0.4, -0.2) is 0 Å². The van der Waals surface area contributed by atoms with Gasteiger partial charge in [-0.2, -0.15) is 0 Å². The van der Waals surface area contributed by atoms with Crippen molar-refractivity contribution in [1.29, 1.82) is 0 Å². The lowest BCUT2D eigenvalue weighted by molar-refractivity contribution is 1.09. The lowest BCUT2D eigenvalue weighted by atomic mass is 10.0. The van der Waals surface area contributed by atoms with Gasteiger partial charge >= 0.3 is 0 Å². The Morgan fingerprint density at radius 1 is 1.17 bits per heavy atom. The molecule has 0 radical (unpaired) electrons. The normalized spacial score (nSPS) is 10.2. The van der Waals surface area contributed by atoms with E-state index in [0.717, 1.165) is 34.7 Å². The zero-order valence-corrected chi connectivity index (χ0v) is 8.28. The number of benzene rings is 1. The van der Waals surface area contributed by atoms with Crippen LogP contribution in [0.4, 0.5) is 5.69 Å². The van der Waals surface area contributed by atoms with E-state index in [-0.39, 0.29) is 0 Å². The first kappa shape index (κ1) is 9.40. The molecule has 12 heavy (non-hydrogen) atoms. The molecule has 1 aromatic rings. The van der Waals surface area contributed by atoms with E-state index < -0.39 is 0 Å². The van der Waals surface area contributed by atoms with Crippen LogP contribution in [0.15, 0.2) is 12.1 Å². The Bertz CT molecular complexity index is 256. The summed E-state index contributed by atoms with van der Waals surface area (Å²) in [5, 5.41) is 0.790. The van der Waals surface area contributed by atoms with E-state index in [9.17, 15) is 0 Å². The van der Waals surface area contributed by atoms with Gasteiger partial charge in [0.05, 0.1) is 0 Å². The molecule has 0 fully saturated rings. The summed E-state index contributed by atoms with van der Waals surface area (Å²) in [6, 6.07) is 3.88. The van der Waals surface area contributed by atoms with Gasteiger partial charge in [0.25, 0.3) is 0 Å². The van der Waals surface area contributed by atoms with Crippen LogP contribution in [0, 0.1) is 0 Å². The molecule has 1 nitrogen and oxygen atoms in total. The van der Waals surface area contributed by atoms with Gasteiger partial charge in [-0.1, -0.05) is 25.4 Å². The smallest absolute Gasteiger partial charge is 0.0412 e. The number of halogens is 1. The second-order valence-electron chi connectivity index (χ2n) is 2.84. The van der Waals surface area contributed by atoms with Gasteiger partial charge in [-0.15, -0.1) is 0 Å². The highest BCUT2D eigenvalue weighted by atomic mass is 35.5. The number of hydrogen-bond acceptors (Lipinski definition) is 1. The monoisotopic (exact) mass is 183 g/mol. The van der Waals surface area contributed by atoms with Gasteiger partial charge in [0.1, 0.15) is 0 Å². The second kappa shape index (κ2) is 3.81. The first-order valence-electron chi connectivity index (χ1n) is 4.25. The van der Waals surface area contributed by atoms with Crippen LogP contribution in [0.25, 0.3) is 0 Å². The van der Waals surface area contributed by atoms with Crippen molar-refractivity contribution in [1.82, 2.24) is 0 Å². The fourth-order valence-corrected chi connectivity index (χ4v) is 1.58. The third-order valence-corrected chi connectivity index (χ3v) is 2.30. The third-order valence-electron chi connectivity index (χ3n) is 2.08. The Kier molecular flexibility index (Phi) is 2.99. The molecule has 0 heterocycles. The molecule has 0 aliphatic carbocycles. The van der Waals surface area contributed by atoms with Crippen molar-refractivity contribution in [2.45, 2.75) is 26.7 Å². The van der Waals surface area contributed by atoms with Gasteiger partial charge in [0.2, 0.25) is 0 Å². The summed E-state index contributed by atoms with van der Waals surface area (Å²) in [6.45, 7) is 4.17. The molecule has 2 heteroatoms. The molecular weight excluding hydrogens is 170 g/mol. The summed E-state index contributed by atoms with van der Waals surface area (Å²) in [5.74, 6) is 0. The highest BCUT2D eigenvalue weighted by Crippen LogP contribution is 2.24. The standard InChI is InChI=1S/C10H14ClN/c1-3-7-5-9(11)6-8(4-2)10(7)12/h5-6H,3-4,12H2,1-2H3. The van der Waals surface area contributed by atoms with E-state index in [2.05, 4.69) is 13.8 Å². The van der Waals surface area contributed by atoms with E-state index >= 15 is 0 Å². The number of nitrogens with two attached hydrogens (primary N) is 1. The van der Waals surface area contributed by atoms with Crippen molar-refractivity contribution >= 4 is 17.3 Å². The Hall–Kier alpha value is -0.690. The number of anilines is 1. The SMILES string of the molecule is CCc1cc(Cl)cc(CC)c1N. The summed E-state index contributed by atoms with van der Waals surface area (Å²) in [7, 11) is 0. The minimum absolute atomic E-state index is 0.790. The first-order chi connectivity index (χ1) is 5.69. The molecule has 0 aliphatic rings. The van der Waals surface area contributed by atoms with E-state index in [0.29, 0.717) is 0 Å². The largest absolute Gasteiger partial charge is 0.398 e. The predicted molar refractivity (Wildman–Crippen MR) is 54.6 cm³/mol. The van der Waals surface area contributed by atoms with Crippen molar-refractivity contribution in [3.8, 4) is 0 Å². The molecule has 0 unspecified atom stereocenters. The van der Waals surface area contributed by atoms with Crippen LogP contribution in [0.5, 0.6) is 0 Å². The minimum atomic E-state index is 0.790.